The normalized spacial score (nSPS) is 11.5. The maximum Gasteiger partial charge on any atom is 0.315 e. The monoisotopic (exact) mass is 279 g/mol. The molecule has 0 unspecified atom stereocenters. The molecule has 0 fully saturated rings. The second-order valence-corrected chi connectivity index (χ2v) is 4.32. The van der Waals surface area contributed by atoms with Crippen molar-refractivity contribution in [1.29, 1.82) is 0 Å². The summed E-state index contributed by atoms with van der Waals surface area (Å²) < 4.78 is 4.81. The van der Waals surface area contributed by atoms with Crippen molar-refractivity contribution >= 4 is 11.9 Å². The largest absolute Gasteiger partial charge is 0.383 e. The van der Waals surface area contributed by atoms with Crippen molar-refractivity contribution in [3.05, 3.63) is 35.9 Å². The number of nitrogens with one attached hydrogen (secondary N) is 3. The van der Waals surface area contributed by atoms with Gasteiger partial charge in [0.05, 0.1) is 6.61 Å². The van der Waals surface area contributed by atoms with Crippen molar-refractivity contribution in [3.63, 3.8) is 0 Å². The van der Waals surface area contributed by atoms with Crippen LogP contribution >= 0.6 is 0 Å². The molecule has 6 nitrogen and oxygen atoms in total. The van der Waals surface area contributed by atoms with Crippen molar-refractivity contribution in [3.8, 4) is 0 Å². The zero-order chi connectivity index (χ0) is 14.8. The molecule has 0 heterocycles. The Hall–Kier alpha value is -2.08. The van der Waals surface area contributed by atoms with E-state index >= 15 is 0 Å². The van der Waals surface area contributed by atoms with E-state index in [1.807, 2.05) is 30.3 Å². The molecule has 0 saturated carbocycles. The van der Waals surface area contributed by atoms with Crippen molar-refractivity contribution in [2.75, 3.05) is 20.3 Å². The number of ether oxygens (including phenoxy) is 1. The second-order valence-electron chi connectivity index (χ2n) is 4.32. The Balaban J connectivity index is 2.26. The topological polar surface area (TPSA) is 79.5 Å². The van der Waals surface area contributed by atoms with Crippen LogP contribution in [0.3, 0.4) is 0 Å². The summed E-state index contributed by atoms with van der Waals surface area (Å²) in [5.74, 6) is -0.226. The van der Waals surface area contributed by atoms with Crippen molar-refractivity contribution in [2.24, 2.45) is 0 Å². The van der Waals surface area contributed by atoms with E-state index in [1.165, 1.54) is 0 Å². The van der Waals surface area contributed by atoms with Crippen LogP contribution in [0.15, 0.2) is 30.3 Å². The first kappa shape index (κ1) is 16.0. The molecule has 20 heavy (non-hydrogen) atoms. The summed E-state index contributed by atoms with van der Waals surface area (Å²) in [5, 5.41) is 7.91. The lowest BCUT2D eigenvalue weighted by Crippen LogP contribution is -2.48. The molecule has 0 spiro atoms. The fourth-order valence-corrected chi connectivity index (χ4v) is 1.52. The Morgan fingerprint density at radius 1 is 1.20 bits per heavy atom. The van der Waals surface area contributed by atoms with E-state index in [0.29, 0.717) is 19.7 Å². The van der Waals surface area contributed by atoms with E-state index in [1.54, 1.807) is 14.0 Å². The van der Waals surface area contributed by atoms with Gasteiger partial charge in [-0.25, -0.2) is 4.79 Å². The predicted molar refractivity (Wildman–Crippen MR) is 76.2 cm³/mol. The molecular formula is C14H21N3O3. The van der Waals surface area contributed by atoms with Gasteiger partial charge in [0.15, 0.2) is 0 Å². The van der Waals surface area contributed by atoms with Gasteiger partial charge in [-0.15, -0.1) is 0 Å². The molecule has 0 radical (unpaired) electrons. The highest BCUT2D eigenvalue weighted by Crippen LogP contribution is 1.97. The molecule has 0 aliphatic carbocycles. The van der Waals surface area contributed by atoms with Crippen LogP contribution in [-0.2, 0) is 16.1 Å². The number of carbonyl (C=O) groups is 2. The number of rotatable bonds is 7. The maximum atomic E-state index is 11.8. The summed E-state index contributed by atoms with van der Waals surface area (Å²) in [6.07, 6.45) is 0. The number of benzene rings is 1. The fourth-order valence-electron chi connectivity index (χ4n) is 1.52. The molecule has 0 aromatic heterocycles. The van der Waals surface area contributed by atoms with Crippen molar-refractivity contribution < 1.29 is 14.3 Å². The van der Waals surface area contributed by atoms with Crippen LogP contribution in [0.2, 0.25) is 0 Å². The Morgan fingerprint density at radius 2 is 1.90 bits per heavy atom. The molecule has 0 aliphatic rings. The Kier molecular flexibility index (Phi) is 7.13. The number of hydrogen-bond donors (Lipinski definition) is 3. The van der Waals surface area contributed by atoms with Gasteiger partial charge in [-0.05, 0) is 12.5 Å². The molecule has 1 aromatic rings. The number of amides is 3. The third kappa shape index (κ3) is 6.19. The van der Waals surface area contributed by atoms with Gasteiger partial charge < -0.3 is 20.7 Å². The minimum Gasteiger partial charge on any atom is -0.383 e. The van der Waals surface area contributed by atoms with Gasteiger partial charge in [0.1, 0.15) is 6.04 Å². The highest BCUT2D eigenvalue weighted by Gasteiger charge is 2.14. The first-order valence-electron chi connectivity index (χ1n) is 6.48. The Bertz CT molecular complexity index is 423. The van der Waals surface area contributed by atoms with Gasteiger partial charge in [-0.1, -0.05) is 30.3 Å². The third-order valence-corrected chi connectivity index (χ3v) is 2.64. The van der Waals surface area contributed by atoms with E-state index in [-0.39, 0.29) is 11.9 Å². The Morgan fingerprint density at radius 3 is 2.55 bits per heavy atom. The van der Waals surface area contributed by atoms with Gasteiger partial charge in [-0.3, -0.25) is 4.79 Å². The van der Waals surface area contributed by atoms with Gasteiger partial charge >= 0.3 is 6.03 Å². The minimum absolute atomic E-state index is 0.226. The van der Waals surface area contributed by atoms with Crippen LogP contribution in [0.1, 0.15) is 12.5 Å². The predicted octanol–water partition coefficient (Wildman–Crippen LogP) is 0.637. The molecule has 1 rings (SSSR count). The lowest BCUT2D eigenvalue weighted by atomic mass is 10.2. The van der Waals surface area contributed by atoms with Gasteiger partial charge in [0, 0.05) is 20.2 Å². The number of hydrogen-bond acceptors (Lipinski definition) is 3. The van der Waals surface area contributed by atoms with Gasteiger partial charge in [0.25, 0.3) is 0 Å². The second kappa shape index (κ2) is 8.92. The summed E-state index contributed by atoms with van der Waals surface area (Å²) >= 11 is 0. The van der Waals surface area contributed by atoms with E-state index in [2.05, 4.69) is 16.0 Å². The number of methoxy groups -OCH3 is 1. The summed E-state index contributed by atoms with van der Waals surface area (Å²) in [5.41, 5.74) is 1.01. The van der Waals surface area contributed by atoms with Crippen LogP contribution in [0, 0.1) is 0 Å². The molecule has 0 bridgehead atoms. The summed E-state index contributed by atoms with van der Waals surface area (Å²) in [6.45, 7) is 2.91. The van der Waals surface area contributed by atoms with E-state index in [4.69, 9.17) is 4.74 Å². The zero-order valence-corrected chi connectivity index (χ0v) is 11.8. The quantitative estimate of drug-likeness (QED) is 0.641. The summed E-state index contributed by atoms with van der Waals surface area (Å²) in [6, 6.07) is 8.61. The summed E-state index contributed by atoms with van der Waals surface area (Å²) in [4.78, 5) is 23.3. The molecule has 110 valence electrons. The molecule has 3 amide bonds. The van der Waals surface area contributed by atoms with E-state index in [0.717, 1.165) is 5.56 Å². The zero-order valence-electron chi connectivity index (χ0n) is 11.8. The number of carbonyl (C=O) groups excluding carboxylic acids is 2. The highest BCUT2D eigenvalue weighted by atomic mass is 16.5. The molecule has 1 atom stereocenters. The molecule has 3 N–H and O–H groups in total. The van der Waals surface area contributed by atoms with Gasteiger partial charge in [0.2, 0.25) is 5.91 Å². The molecule has 6 heteroatoms. The van der Waals surface area contributed by atoms with Crippen LogP contribution in [0.4, 0.5) is 4.79 Å². The number of urea groups is 1. The molecular weight excluding hydrogens is 258 g/mol. The van der Waals surface area contributed by atoms with E-state index < -0.39 is 6.04 Å². The highest BCUT2D eigenvalue weighted by molar-refractivity contribution is 5.86. The van der Waals surface area contributed by atoms with Crippen molar-refractivity contribution in [1.82, 2.24) is 16.0 Å². The average molecular weight is 279 g/mol. The fraction of sp³-hybridized carbons (Fsp3) is 0.429. The SMILES string of the molecule is COCCNC(=O)N[C@@H](C)C(=O)NCc1ccccc1. The minimum atomic E-state index is -0.596. The maximum absolute atomic E-state index is 11.8. The molecule has 0 aliphatic heterocycles. The van der Waals surface area contributed by atoms with Crippen molar-refractivity contribution in [2.45, 2.75) is 19.5 Å². The average Bonchev–Trinajstić information content (AvgIpc) is 2.46. The smallest absolute Gasteiger partial charge is 0.315 e. The first-order chi connectivity index (χ1) is 9.63. The Labute approximate surface area is 118 Å². The third-order valence-electron chi connectivity index (χ3n) is 2.64. The van der Waals surface area contributed by atoms with E-state index in [9.17, 15) is 9.59 Å². The van der Waals surface area contributed by atoms with Gasteiger partial charge in [-0.2, -0.15) is 0 Å². The lowest BCUT2D eigenvalue weighted by Gasteiger charge is -2.14. The van der Waals surface area contributed by atoms with Crippen LogP contribution in [-0.4, -0.2) is 38.2 Å². The summed E-state index contributed by atoms with van der Waals surface area (Å²) in [7, 11) is 1.55. The molecule has 1 aromatic carbocycles. The first-order valence-corrected chi connectivity index (χ1v) is 6.48. The molecule has 0 saturated heterocycles. The lowest BCUT2D eigenvalue weighted by molar-refractivity contribution is -0.122. The van der Waals surface area contributed by atoms with Crippen LogP contribution < -0.4 is 16.0 Å². The van der Waals surface area contributed by atoms with Crippen LogP contribution in [0.25, 0.3) is 0 Å². The standard InChI is InChI=1S/C14H21N3O3/c1-11(17-14(19)15-8-9-20-2)13(18)16-10-12-6-4-3-5-7-12/h3-7,11H,8-10H2,1-2H3,(H,16,18)(H2,15,17,19)/t11-/m0/s1. The van der Waals surface area contributed by atoms with Crippen LogP contribution in [0.5, 0.6) is 0 Å².